The van der Waals surface area contributed by atoms with E-state index in [2.05, 4.69) is 9.53 Å². The summed E-state index contributed by atoms with van der Waals surface area (Å²) < 4.78 is 14.5. The number of methoxy groups -OCH3 is 2. The molecule has 1 aromatic rings. The molecule has 0 saturated carbocycles. The lowest BCUT2D eigenvalue weighted by Gasteiger charge is -2.10. The van der Waals surface area contributed by atoms with Gasteiger partial charge < -0.3 is 19.7 Å². The summed E-state index contributed by atoms with van der Waals surface area (Å²) in [7, 11) is 2.49. The van der Waals surface area contributed by atoms with Crippen LogP contribution < -0.4 is 4.74 Å². The van der Waals surface area contributed by atoms with Crippen LogP contribution in [-0.2, 0) is 14.3 Å². The molecule has 8 heteroatoms. The number of carbonyl (C=O) groups excluding carboxylic acids is 2. The van der Waals surface area contributed by atoms with Gasteiger partial charge in [-0.25, -0.2) is 4.79 Å². The van der Waals surface area contributed by atoms with Crippen LogP contribution in [0.5, 0.6) is 5.75 Å². The smallest absolute Gasteiger partial charge is 0.377 e. The minimum Gasteiger partial charge on any atom is -0.500 e. The average Bonchev–Trinajstić information content (AvgIpc) is 2.47. The first-order valence-corrected chi connectivity index (χ1v) is 5.91. The SMILES string of the molecule is CO/C=C(/Oc1ccc(Cl)cc1C(=O)C=[N+]=[N-])C(=O)OC. The maximum atomic E-state index is 11.8. The highest BCUT2D eigenvalue weighted by atomic mass is 35.5. The van der Waals surface area contributed by atoms with E-state index in [0.717, 1.165) is 6.26 Å². The van der Waals surface area contributed by atoms with Crippen LogP contribution in [0.25, 0.3) is 5.53 Å². The number of hydrogen-bond donors (Lipinski definition) is 0. The first-order valence-electron chi connectivity index (χ1n) is 5.54. The summed E-state index contributed by atoms with van der Waals surface area (Å²) in [4.78, 5) is 25.9. The fourth-order valence-corrected chi connectivity index (χ4v) is 1.52. The second-order valence-electron chi connectivity index (χ2n) is 3.56. The lowest BCUT2D eigenvalue weighted by molar-refractivity contribution is -0.138. The van der Waals surface area contributed by atoms with E-state index in [9.17, 15) is 9.59 Å². The van der Waals surface area contributed by atoms with Gasteiger partial charge in [0.2, 0.25) is 5.76 Å². The van der Waals surface area contributed by atoms with Crippen molar-refractivity contribution in [3.63, 3.8) is 0 Å². The minimum atomic E-state index is -0.791. The van der Waals surface area contributed by atoms with E-state index in [-0.39, 0.29) is 22.1 Å². The van der Waals surface area contributed by atoms with Crippen LogP contribution in [0.3, 0.4) is 0 Å². The van der Waals surface area contributed by atoms with Crippen molar-refractivity contribution in [3.05, 3.63) is 46.3 Å². The standard InChI is InChI=1S/C13H11ClN2O5/c1-19-7-12(13(18)20-2)21-11-4-3-8(14)5-9(11)10(17)6-16-15/h3-7H,1-2H3/b12-7+. The Morgan fingerprint density at radius 2 is 2.05 bits per heavy atom. The van der Waals surface area contributed by atoms with Gasteiger partial charge in [-0.3, -0.25) is 4.79 Å². The van der Waals surface area contributed by atoms with Gasteiger partial charge in [-0.15, -0.1) is 0 Å². The quantitative estimate of drug-likeness (QED) is 0.152. The molecule has 0 amide bonds. The molecule has 1 rings (SSSR count). The Bertz CT molecular complexity index is 635. The third-order valence-corrected chi connectivity index (χ3v) is 2.45. The van der Waals surface area contributed by atoms with Crippen molar-refractivity contribution >= 4 is 29.6 Å². The number of ether oxygens (including phenoxy) is 3. The molecule has 0 unspecified atom stereocenters. The van der Waals surface area contributed by atoms with Crippen LogP contribution in [0.4, 0.5) is 0 Å². The molecule has 0 heterocycles. The van der Waals surface area contributed by atoms with Gasteiger partial charge >= 0.3 is 12.2 Å². The topological polar surface area (TPSA) is 98.2 Å². The maximum Gasteiger partial charge on any atom is 0.377 e. The first-order chi connectivity index (χ1) is 10.0. The Kier molecular flexibility index (Phi) is 6.13. The van der Waals surface area contributed by atoms with Gasteiger partial charge in [0.05, 0.1) is 19.8 Å². The molecule has 0 atom stereocenters. The number of benzene rings is 1. The Balaban J connectivity index is 3.23. The largest absolute Gasteiger partial charge is 0.500 e. The van der Waals surface area contributed by atoms with Crippen molar-refractivity contribution in [1.29, 1.82) is 0 Å². The predicted octanol–water partition coefficient (Wildman–Crippen LogP) is 1.86. The predicted molar refractivity (Wildman–Crippen MR) is 73.2 cm³/mol. The number of carbonyl (C=O) groups is 2. The van der Waals surface area contributed by atoms with E-state index >= 15 is 0 Å². The van der Waals surface area contributed by atoms with Crippen molar-refractivity contribution in [2.24, 2.45) is 0 Å². The molecule has 0 bridgehead atoms. The van der Waals surface area contributed by atoms with Crippen molar-refractivity contribution in [2.75, 3.05) is 14.2 Å². The fourth-order valence-electron chi connectivity index (χ4n) is 1.35. The van der Waals surface area contributed by atoms with Gasteiger partial charge in [0.15, 0.2) is 0 Å². The summed E-state index contributed by atoms with van der Waals surface area (Å²) in [5.41, 5.74) is 8.43. The summed E-state index contributed by atoms with van der Waals surface area (Å²) >= 11 is 5.80. The van der Waals surface area contributed by atoms with Gasteiger partial charge in [-0.2, -0.15) is 4.79 Å². The van der Waals surface area contributed by atoms with E-state index in [4.69, 9.17) is 26.6 Å². The lowest BCUT2D eigenvalue weighted by Crippen LogP contribution is -2.13. The third-order valence-electron chi connectivity index (χ3n) is 2.21. The first kappa shape index (κ1) is 16.4. The Morgan fingerprint density at radius 1 is 1.33 bits per heavy atom. The summed E-state index contributed by atoms with van der Waals surface area (Å²) in [5, 5.41) is 0.271. The number of nitrogens with zero attached hydrogens (tertiary/aromatic N) is 2. The molecule has 21 heavy (non-hydrogen) atoms. The van der Waals surface area contributed by atoms with E-state index < -0.39 is 11.8 Å². The monoisotopic (exact) mass is 310 g/mol. The van der Waals surface area contributed by atoms with Crippen molar-refractivity contribution < 1.29 is 28.6 Å². The molecule has 1 aromatic carbocycles. The molecule has 7 nitrogen and oxygen atoms in total. The summed E-state index contributed by atoms with van der Waals surface area (Å²) in [6.07, 6.45) is 1.70. The van der Waals surface area contributed by atoms with E-state index in [1.54, 1.807) is 0 Å². The molecule has 0 N–H and O–H groups in total. The zero-order valence-electron chi connectivity index (χ0n) is 11.2. The summed E-state index contributed by atoms with van der Waals surface area (Å²) in [5.74, 6) is -1.69. The Hall–Kier alpha value is -2.63. The second kappa shape index (κ2) is 7.84. The molecule has 0 spiro atoms. The number of halogens is 1. The number of Topliss-reactive ketones (excluding diaryl/α,β-unsaturated/α-hetero) is 1. The van der Waals surface area contributed by atoms with Crippen molar-refractivity contribution in [2.45, 2.75) is 0 Å². The molecule has 0 saturated heterocycles. The van der Waals surface area contributed by atoms with Crippen LogP contribution in [0, 0.1) is 0 Å². The van der Waals surface area contributed by atoms with E-state index in [1.165, 1.54) is 32.4 Å². The number of rotatable bonds is 6. The van der Waals surface area contributed by atoms with Gasteiger partial charge in [0.1, 0.15) is 12.0 Å². The lowest BCUT2D eigenvalue weighted by atomic mass is 10.1. The Labute approximate surface area is 125 Å². The minimum absolute atomic E-state index is 0.00575. The van der Waals surface area contributed by atoms with E-state index in [0.29, 0.717) is 6.21 Å². The summed E-state index contributed by atoms with van der Waals surface area (Å²) in [6, 6.07) is 4.15. The van der Waals surface area contributed by atoms with Crippen LogP contribution in [0.1, 0.15) is 10.4 Å². The second-order valence-corrected chi connectivity index (χ2v) is 4.00. The number of esters is 1. The van der Waals surface area contributed by atoms with Gasteiger partial charge in [-0.05, 0) is 18.2 Å². The van der Waals surface area contributed by atoms with E-state index in [1.807, 2.05) is 0 Å². The van der Waals surface area contributed by atoms with Gasteiger partial charge in [0.25, 0.3) is 5.78 Å². The maximum absolute atomic E-state index is 11.8. The van der Waals surface area contributed by atoms with Crippen molar-refractivity contribution in [3.8, 4) is 5.75 Å². The molecule has 0 aromatic heterocycles. The molecule has 0 aliphatic heterocycles. The highest BCUT2D eigenvalue weighted by Crippen LogP contribution is 2.25. The molecule has 0 aliphatic carbocycles. The molecule has 110 valence electrons. The van der Waals surface area contributed by atoms with Gasteiger partial charge in [-0.1, -0.05) is 11.6 Å². The zero-order valence-corrected chi connectivity index (χ0v) is 12.0. The van der Waals surface area contributed by atoms with Crippen molar-refractivity contribution in [1.82, 2.24) is 0 Å². The molecule has 0 radical (unpaired) electrons. The highest BCUT2D eigenvalue weighted by molar-refractivity contribution is 6.36. The molecular weight excluding hydrogens is 300 g/mol. The number of hydrogen-bond acceptors (Lipinski definition) is 5. The van der Waals surface area contributed by atoms with Crippen LogP contribution in [0.2, 0.25) is 5.02 Å². The average molecular weight is 311 g/mol. The third kappa shape index (κ3) is 4.45. The Morgan fingerprint density at radius 3 is 2.62 bits per heavy atom. The number of ketones is 1. The fraction of sp³-hybridized carbons (Fsp3) is 0.154. The van der Waals surface area contributed by atoms with Crippen LogP contribution in [-0.4, -0.2) is 37.0 Å². The van der Waals surface area contributed by atoms with Crippen LogP contribution >= 0.6 is 11.6 Å². The molecular formula is C13H11ClN2O5. The molecule has 0 fully saturated rings. The van der Waals surface area contributed by atoms with Crippen LogP contribution in [0.15, 0.2) is 30.2 Å². The summed E-state index contributed by atoms with van der Waals surface area (Å²) in [6.45, 7) is 0. The zero-order chi connectivity index (χ0) is 15.8. The highest BCUT2D eigenvalue weighted by Gasteiger charge is 2.19. The normalized spacial score (nSPS) is 10.3. The molecule has 0 aliphatic rings. The van der Waals surface area contributed by atoms with Gasteiger partial charge in [0, 0.05) is 5.02 Å².